The van der Waals surface area contributed by atoms with Crippen molar-refractivity contribution in [2.75, 3.05) is 0 Å². The second kappa shape index (κ2) is 5.81. The second-order valence-electron chi connectivity index (χ2n) is 7.12. The van der Waals surface area contributed by atoms with Gasteiger partial charge < -0.3 is 4.74 Å². The van der Waals surface area contributed by atoms with E-state index in [0.29, 0.717) is 24.2 Å². The molecule has 0 N–H and O–H groups in total. The van der Waals surface area contributed by atoms with Gasteiger partial charge in [0, 0.05) is 5.56 Å². The Morgan fingerprint density at radius 3 is 2.35 bits per heavy atom. The molecule has 0 fully saturated rings. The van der Waals surface area contributed by atoms with Crippen LogP contribution in [-0.2, 0) is 19.4 Å². The van der Waals surface area contributed by atoms with Gasteiger partial charge in [0.1, 0.15) is 10.5 Å². The van der Waals surface area contributed by atoms with E-state index in [2.05, 4.69) is 0 Å². The molecule has 1 aliphatic heterocycles. The third kappa shape index (κ3) is 2.20. The van der Waals surface area contributed by atoms with E-state index in [1.54, 1.807) is 54.6 Å². The van der Waals surface area contributed by atoms with E-state index in [0.717, 1.165) is 11.1 Å². The minimum Gasteiger partial charge on any atom is -0.426 e. The Balaban J connectivity index is 2.07. The number of ether oxygens (including phenoxy) is 1. The zero-order chi connectivity index (χ0) is 18.5. The number of para-hydroxylation sites is 1. The first kappa shape index (κ1) is 17.0. The van der Waals surface area contributed by atoms with Gasteiger partial charge in [0.15, 0.2) is 9.84 Å². The van der Waals surface area contributed by atoms with Crippen LogP contribution < -0.4 is 4.74 Å². The summed E-state index contributed by atoms with van der Waals surface area (Å²) in [5.74, 6) is -0.859. The first-order valence-corrected chi connectivity index (χ1v) is 10.1. The minimum atomic E-state index is -3.82. The molecule has 2 aromatic carbocycles. The average molecular weight is 368 g/mol. The number of hydrogen-bond donors (Lipinski definition) is 0. The molecule has 0 saturated heterocycles. The summed E-state index contributed by atoms with van der Waals surface area (Å²) in [4.78, 5) is 13.1. The van der Waals surface area contributed by atoms with Crippen LogP contribution in [0.15, 0.2) is 70.6 Å². The number of carbonyl (C=O) groups is 1. The molecular formula is C21H20O4S. The highest BCUT2D eigenvalue weighted by molar-refractivity contribution is 7.92. The lowest BCUT2D eigenvalue weighted by Gasteiger charge is -2.46. The molecule has 2 aliphatic rings. The van der Waals surface area contributed by atoms with Gasteiger partial charge in [-0.3, -0.25) is 4.79 Å². The first-order valence-electron chi connectivity index (χ1n) is 8.64. The van der Waals surface area contributed by atoms with Gasteiger partial charge in [-0.2, -0.15) is 0 Å². The summed E-state index contributed by atoms with van der Waals surface area (Å²) in [5.41, 5.74) is 2.66. The van der Waals surface area contributed by atoms with Crippen LogP contribution in [0, 0.1) is 5.92 Å². The fourth-order valence-corrected chi connectivity index (χ4v) is 6.55. The quantitative estimate of drug-likeness (QED) is 0.456. The van der Waals surface area contributed by atoms with E-state index in [1.165, 1.54) is 0 Å². The number of esters is 1. The van der Waals surface area contributed by atoms with E-state index in [4.69, 9.17) is 4.74 Å². The summed E-state index contributed by atoms with van der Waals surface area (Å²) >= 11 is 0. The highest BCUT2D eigenvalue weighted by Crippen LogP contribution is 2.56. The summed E-state index contributed by atoms with van der Waals surface area (Å²) in [6.07, 6.45) is 0.692. The van der Waals surface area contributed by atoms with Crippen LogP contribution in [0.2, 0.25) is 0 Å². The molecule has 1 aliphatic carbocycles. The van der Waals surface area contributed by atoms with Crippen molar-refractivity contribution >= 4 is 15.8 Å². The van der Waals surface area contributed by atoms with E-state index in [9.17, 15) is 13.2 Å². The van der Waals surface area contributed by atoms with Gasteiger partial charge >= 0.3 is 5.97 Å². The lowest BCUT2D eigenvalue weighted by atomic mass is 9.71. The lowest BCUT2D eigenvalue weighted by Crippen LogP contribution is -2.52. The van der Waals surface area contributed by atoms with E-state index in [-0.39, 0.29) is 4.90 Å². The van der Waals surface area contributed by atoms with Gasteiger partial charge in [0.2, 0.25) is 0 Å². The number of rotatable bonds is 2. The normalized spacial score (nSPS) is 25.3. The molecule has 4 nitrogen and oxygen atoms in total. The van der Waals surface area contributed by atoms with Crippen LogP contribution >= 0.6 is 0 Å². The molecule has 0 unspecified atom stereocenters. The smallest absolute Gasteiger partial charge is 0.316 e. The van der Waals surface area contributed by atoms with Crippen molar-refractivity contribution < 1.29 is 17.9 Å². The summed E-state index contributed by atoms with van der Waals surface area (Å²) in [7, 11) is -3.82. The molecule has 2 aromatic rings. The van der Waals surface area contributed by atoms with Crippen LogP contribution in [0.3, 0.4) is 0 Å². The predicted octanol–water partition coefficient (Wildman–Crippen LogP) is 4.02. The minimum absolute atomic E-state index is 0.238. The summed E-state index contributed by atoms with van der Waals surface area (Å²) in [6.45, 7) is 3.92. The molecule has 134 valence electrons. The molecule has 0 saturated carbocycles. The monoisotopic (exact) mass is 368 g/mol. The fraction of sp³-hybridized carbons (Fsp3) is 0.286. The maximum atomic E-state index is 13.9. The van der Waals surface area contributed by atoms with E-state index >= 15 is 0 Å². The zero-order valence-electron chi connectivity index (χ0n) is 14.7. The van der Waals surface area contributed by atoms with Gasteiger partial charge in [-0.15, -0.1) is 0 Å². The number of carbonyl (C=O) groups excluding carboxylic acids is 1. The standard InChI is InChI=1S/C21H20O4S/c1-14-12-18-20(22)25-19-11-7-6-10-17(19)21(18,13-15(14)2)26(23,24)16-8-4-3-5-9-16/h3-11,18H,12-13H2,1-2H3/t18-,21-/m1/s1. The molecule has 0 radical (unpaired) electrons. The first-order chi connectivity index (χ1) is 12.4. The molecule has 0 amide bonds. The van der Waals surface area contributed by atoms with Crippen molar-refractivity contribution in [2.24, 2.45) is 5.92 Å². The van der Waals surface area contributed by atoms with E-state index < -0.39 is 26.5 Å². The molecule has 5 heteroatoms. The highest BCUT2D eigenvalue weighted by Gasteiger charge is 2.60. The van der Waals surface area contributed by atoms with Crippen molar-refractivity contribution in [3.8, 4) is 5.75 Å². The van der Waals surface area contributed by atoms with Gasteiger partial charge in [-0.25, -0.2) is 8.42 Å². The van der Waals surface area contributed by atoms with Gasteiger partial charge in [-0.1, -0.05) is 47.5 Å². The Hall–Kier alpha value is -2.40. The topological polar surface area (TPSA) is 60.4 Å². The van der Waals surface area contributed by atoms with Crippen molar-refractivity contribution in [3.05, 3.63) is 71.3 Å². The molecule has 1 heterocycles. The number of fused-ring (bicyclic) bond motifs is 3. The molecule has 0 spiro atoms. The van der Waals surface area contributed by atoms with Gasteiger partial charge in [-0.05, 0) is 44.9 Å². The second-order valence-corrected chi connectivity index (χ2v) is 9.32. The number of hydrogen-bond acceptors (Lipinski definition) is 4. The summed E-state index contributed by atoms with van der Waals surface area (Å²) < 4.78 is 31.9. The van der Waals surface area contributed by atoms with Crippen LogP contribution in [0.1, 0.15) is 32.3 Å². The molecule has 2 atom stereocenters. The Morgan fingerprint density at radius 2 is 1.62 bits per heavy atom. The Kier molecular flexibility index (Phi) is 3.81. The van der Waals surface area contributed by atoms with Crippen molar-refractivity contribution in [1.82, 2.24) is 0 Å². The molecule has 4 rings (SSSR count). The average Bonchev–Trinajstić information content (AvgIpc) is 2.64. The maximum absolute atomic E-state index is 13.9. The van der Waals surface area contributed by atoms with Crippen molar-refractivity contribution in [3.63, 3.8) is 0 Å². The molecule has 26 heavy (non-hydrogen) atoms. The largest absolute Gasteiger partial charge is 0.426 e. The number of allylic oxidation sites excluding steroid dienone is 2. The van der Waals surface area contributed by atoms with Gasteiger partial charge in [0.25, 0.3) is 0 Å². The Labute approximate surface area is 153 Å². The predicted molar refractivity (Wildman–Crippen MR) is 98.5 cm³/mol. The summed E-state index contributed by atoms with van der Waals surface area (Å²) in [6, 6.07) is 15.4. The fourth-order valence-electron chi connectivity index (χ4n) is 4.19. The van der Waals surface area contributed by atoms with Crippen LogP contribution in [0.25, 0.3) is 0 Å². The third-order valence-corrected chi connectivity index (χ3v) is 8.20. The highest BCUT2D eigenvalue weighted by atomic mass is 32.2. The Bertz CT molecular complexity index is 1020. The Morgan fingerprint density at radius 1 is 0.962 bits per heavy atom. The molecule has 0 aromatic heterocycles. The van der Waals surface area contributed by atoms with Crippen LogP contribution in [0.4, 0.5) is 0 Å². The zero-order valence-corrected chi connectivity index (χ0v) is 15.5. The third-order valence-electron chi connectivity index (χ3n) is 5.70. The number of benzene rings is 2. The molecule has 0 bridgehead atoms. The van der Waals surface area contributed by atoms with Crippen molar-refractivity contribution in [1.29, 1.82) is 0 Å². The van der Waals surface area contributed by atoms with Crippen LogP contribution in [-0.4, -0.2) is 14.4 Å². The SMILES string of the molecule is CC1=C(C)C[C@@]2(S(=O)(=O)c3ccccc3)c3ccccc3OC(=O)[C@H]2C1. The van der Waals surface area contributed by atoms with Crippen LogP contribution in [0.5, 0.6) is 5.75 Å². The number of sulfone groups is 1. The van der Waals surface area contributed by atoms with Crippen molar-refractivity contribution in [2.45, 2.75) is 36.3 Å². The maximum Gasteiger partial charge on any atom is 0.316 e. The lowest BCUT2D eigenvalue weighted by molar-refractivity contribution is -0.142. The van der Waals surface area contributed by atoms with E-state index in [1.807, 2.05) is 13.8 Å². The summed E-state index contributed by atoms with van der Waals surface area (Å²) in [5, 5.41) is 0. The van der Waals surface area contributed by atoms with Gasteiger partial charge in [0.05, 0.1) is 10.8 Å². The molecular weight excluding hydrogens is 348 g/mol.